The Labute approximate surface area is 146 Å². The van der Waals surface area contributed by atoms with Gasteiger partial charge < -0.3 is 5.32 Å². The topological polar surface area (TPSA) is 70.7 Å². The van der Waals surface area contributed by atoms with E-state index < -0.39 is 0 Å². The van der Waals surface area contributed by atoms with Crippen LogP contribution in [0.1, 0.15) is 40.5 Å². The molecule has 1 atom stereocenters. The van der Waals surface area contributed by atoms with Gasteiger partial charge in [-0.2, -0.15) is 5.10 Å². The highest BCUT2D eigenvalue weighted by atomic mass is 16.1. The van der Waals surface area contributed by atoms with Crippen molar-refractivity contribution < 1.29 is 4.79 Å². The number of benzene rings is 1. The Morgan fingerprint density at radius 3 is 2.60 bits per heavy atom. The summed E-state index contributed by atoms with van der Waals surface area (Å²) in [5, 5.41) is 10.0. The molecule has 5 heteroatoms. The van der Waals surface area contributed by atoms with Crippen molar-refractivity contribution in [3.63, 3.8) is 0 Å². The van der Waals surface area contributed by atoms with Crippen molar-refractivity contribution in [2.45, 2.75) is 25.8 Å². The normalized spacial score (nSPS) is 14.9. The van der Waals surface area contributed by atoms with E-state index in [0.717, 1.165) is 35.4 Å². The Bertz CT molecular complexity index is 867. The van der Waals surface area contributed by atoms with E-state index in [2.05, 4.69) is 26.6 Å². The number of nitrogens with zero attached hydrogens (tertiary/aromatic N) is 2. The molecule has 1 aliphatic rings. The van der Waals surface area contributed by atoms with Crippen molar-refractivity contribution in [3.05, 3.63) is 71.7 Å². The molecule has 2 aromatic heterocycles. The molecule has 2 heterocycles. The molecule has 1 saturated carbocycles. The van der Waals surface area contributed by atoms with E-state index in [1.807, 2.05) is 49.5 Å². The van der Waals surface area contributed by atoms with Crippen LogP contribution >= 0.6 is 0 Å². The van der Waals surface area contributed by atoms with Gasteiger partial charge in [0.25, 0.3) is 5.91 Å². The molecule has 1 amide bonds. The van der Waals surface area contributed by atoms with Gasteiger partial charge in [0.2, 0.25) is 0 Å². The molecule has 0 bridgehead atoms. The fourth-order valence-corrected chi connectivity index (χ4v) is 3.03. The number of pyridine rings is 1. The van der Waals surface area contributed by atoms with Crippen molar-refractivity contribution in [2.24, 2.45) is 5.92 Å². The maximum absolute atomic E-state index is 12.7. The lowest BCUT2D eigenvalue weighted by atomic mass is 10.0. The maximum atomic E-state index is 12.7. The molecule has 0 spiro atoms. The van der Waals surface area contributed by atoms with Gasteiger partial charge >= 0.3 is 0 Å². The highest BCUT2D eigenvalue weighted by Crippen LogP contribution is 2.40. The molecule has 5 nitrogen and oxygen atoms in total. The zero-order chi connectivity index (χ0) is 17.2. The van der Waals surface area contributed by atoms with E-state index in [0.29, 0.717) is 11.5 Å². The third-order valence-electron chi connectivity index (χ3n) is 4.59. The molecule has 25 heavy (non-hydrogen) atoms. The summed E-state index contributed by atoms with van der Waals surface area (Å²) in [6.07, 6.45) is 5.80. The quantitative estimate of drug-likeness (QED) is 0.749. The Morgan fingerprint density at radius 2 is 1.96 bits per heavy atom. The summed E-state index contributed by atoms with van der Waals surface area (Å²) in [5.74, 6) is 0.430. The number of aromatic amines is 1. The van der Waals surface area contributed by atoms with Crippen molar-refractivity contribution in [3.8, 4) is 11.3 Å². The van der Waals surface area contributed by atoms with Crippen LogP contribution in [-0.4, -0.2) is 21.1 Å². The number of H-pyrrole nitrogens is 1. The zero-order valence-electron chi connectivity index (χ0n) is 14.1. The average Bonchev–Trinajstić information content (AvgIpc) is 3.32. The Balaban J connectivity index is 1.52. The molecular weight excluding hydrogens is 312 g/mol. The number of amides is 1. The van der Waals surface area contributed by atoms with Crippen LogP contribution in [0.5, 0.6) is 0 Å². The second-order valence-corrected chi connectivity index (χ2v) is 6.59. The molecular formula is C20H20N4O. The molecule has 4 rings (SSSR count). The number of carbonyl (C=O) groups is 1. The molecule has 126 valence electrons. The van der Waals surface area contributed by atoms with Crippen LogP contribution in [-0.2, 0) is 0 Å². The van der Waals surface area contributed by atoms with Gasteiger partial charge in [-0.1, -0.05) is 12.1 Å². The van der Waals surface area contributed by atoms with E-state index in [1.165, 1.54) is 0 Å². The number of rotatable bonds is 5. The predicted octanol–water partition coefficient (Wildman–Crippen LogP) is 3.66. The lowest BCUT2D eigenvalue weighted by Crippen LogP contribution is -2.30. The van der Waals surface area contributed by atoms with Gasteiger partial charge in [0.05, 0.1) is 17.4 Å². The van der Waals surface area contributed by atoms with E-state index in [1.54, 1.807) is 6.20 Å². The fourth-order valence-electron chi connectivity index (χ4n) is 3.03. The minimum Gasteiger partial charge on any atom is -0.343 e. The fraction of sp³-hybridized carbons (Fsp3) is 0.250. The summed E-state index contributed by atoms with van der Waals surface area (Å²) in [6.45, 7) is 2.05. The number of aromatic nitrogens is 3. The van der Waals surface area contributed by atoms with Crippen LogP contribution in [0.15, 0.2) is 54.9 Å². The monoisotopic (exact) mass is 332 g/mol. The molecule has 0 radical (unpaired) electrons. The van der Waals surface area contributed by atoms with Gasteiger partial charge in [0.15, 0.2) is 0 Å². The first-order chi connectivity index (χ1) is 12.2. The van der Waals surface area contributed by atoms with Gasteiger partial charge in [0, 0.05) is 18.0 Å². The number of carbonyl (C=O) groups excluding carboxylic acids is 1. The summed E-state index contributed by atoms with van der Waals surface area (Å²) in [7, 11) is 0. The lowest BCUT2D eigenvalue weighted by molar-refractivity contribution is 0.0930. The van der Waals surface area contributed by atoms with E-state index in [9.17, 15) is 4.79 Å². The van der Waals surface area contributed by atoms with Crippen molar-refractivity contribution in [2.75, 3.05) is 0 Å². The standard InChI is InChI=1S/C20H20N4O/c1-13-8-10-21-18(12-13)19(15-4-5-15)23-20(25)16-6-2-14(3-7-16)17-9-11-22-24-17/h2-3,6-12,15,19H,4-5H2,1H3,(H,22,24)(H,23,25). The molecule has 3 aromatic rings. The summed E-state index contributed by atoms with van der Waals surface area (Å²) in [4.78, 5) is 17.2. The Kier molecular flexibility index (Phi) is 4.06. The molecule has 1 aromatic carbocycles. The van der Waals surface area contributed by atoms with Crippen molar-refractivity contribution in [1.29, 1.82) is 0 Å². The first-order valence-electron chi connectivity index (χ1n) is 8.54. The molecule has 1 fully saturated rings. The molecule has 1 aliphatic carbocycles. The first kappa shape index (κ1) is 15.6. The second-order valence-electron chi connectivity index (χ2n) is 6.59. The number of nitrogens with one attached hydrogen (secondary N) is 2. The highest BCUT2D eigenvalue weighted by Gasteiger charge is 2.34. The molecule has 0 aliphatic heterocycles. The summed E-state index contributed by atoms with van der Waals surface area (Å²) < 4.78 is 0. The minimum absolute atomic E-state index is 0.0142. The third-order valence-corrected chi connectivity index (χ3v) is 4.59. The van der Waals surface area contributed by atoms with Crippen molar-refractivity contribution in [1.82, 2.24) is 20.5 Å². The largest absolute Gasteiger partial charge is 0.343 e. The van der Waals surface area contributed by atoms with Crippen LogP contribution in [0.3, 0.4) is 0 Å². The van der Waals surface area contributed by atoms with Crippen molar-refractivity contribution >= 4 is 5.91 Å². The highest BCUT2D eigenvalue weighted by molar-refractivity contribution is 5.94. The molecule has 0 saturated heterocycles. The SMILES string of the molecule is Cc1ccnc(C(NC(=O)c2ccc(-c3ccn[nH]3)cc2)C2CC2)c1. The summed E-state index contributed by atoms with van der Waals surface area (Å²) >= 11 is 0. The average molecular weight is 332 g/mol. The summed E-state index contributed by atoms with van der Waals surface area (Å²) in [5.41, 5.74) is 4.71. The van der Waals surface area contributed by atoms with E-state index in [-0.39, 0.29) is 11.9 Å². The number of hydrogen-bond donors (Lipinski definition) is 2. The Morgan fingerprint density at radius 1 is 1.16 bits per heavy atom. The third kappa shape index (κ3) is 3.45. The minimum atomic E-state index is -0.0589. The van der Waals surface area contributed by atoms with Gasteiger partial charge in [-0.05, 0) is 67.1 Å². The molecule has 2 N–H and O–H groups in total. The van der Waals surface area contributed by atoms with E-state index >= 15 is 0 Å². The Hall–Kier alpha value is -2.95. The zero-order valence-corrected chi connectivity index (χ0v) is 14.1. The van der Waals surface area contributed by atoms with Crippen LogP contribution < -0.4 is 5.32 Å². The van der Waals surface area contributed by atoms with Gasteiger partial charge in [0.1, 0.15) is 0 Å². The number of hydrogen-bond acceptors (Lipinski definition) is 3. The number of aryl methyl sites for hydroxylation is 1. The van der Waals surface area contributed by atoms with Crippen LogP contribution in [0.2, 0.25) is 0 Å². The smallest absolute Gasteiger partial charge is 0.251 e. The lowest BCUT2D eigenvalue weighted by Gasteiger charge is -2.18. The molecule has 1 unspecified atom stereocenters. The second kappa shape index (κ2) is 6.51. The van der Waals surface area contributed by atoms with Gasteiger partial charge in [-0.3, -0.25) is 14.9 Å². The van der Waals surface area contributed by atoms with Crippen LogP contribution in [0.4, 0.5) is 0 Å². The first-order valence-corrected chi connectivity index (χ1v) is 8.54. The summed E-state index contributed by atoms with van der Waals surface area (Å²) in [6, 6.07) is 13.5. The van der Waals surface area contributed by atoms with Gasteiger partial charge in [-0.25, -0.2) is 0 Å². The van der Waals surface area contributed by atoms with Crippen LogP contribution in [0.25, 0.3) is 11.3 Å². The van der Waals surface area contributed by atoms with E-state index in [4.69, 9.17) is 0 Å². The van der Waals surface area contributed by atoms with Crippen LogP contribution in [0, 0.1) is 12.8 Å². The van der Waals surface area contributed by atoms with Gasteiger partial charge in [-0.15, -0.1) is 0 Å². The maximum Gasteiger partial charge on any atom is 0.251 e. The predicted molar refractivity (Wildman–Crippen MR) is 95.9 cm³/mol.